The molecule has 24 heavy (non-hydrogen) atoms. The van der Waals surface area contributed by atoms with Crippen molar-refractivity contribution in [3.05, 3.63) is 29.6 Å². The van der Waals surface area contributed by atoms with Crippen LogP contribution in [-0.4, -0.2) is 42.3 Å². The first kappa shape index (κ1) is 17.4. The van der Waals surface area contributed by atoms with Crippen LogP contribution >= 0.6 is 11.8 Å². The summed E-state index contributed by atoms with van der Waals surface area (Å²) in [6, 6.07) is 4.46. The van der Waals surface area contributed by atoms with Gasteiger partial charge in [0.15, 0.2) is 15.0 Å². The number of rotatable bonds is 3. The fourth-order valence-corrected chi connectivity index (χ4v) is 6.91. The Morgan fingerprint density at radius 2 is 2.17 bits per heavy atom. The lowest BCUT2D eigenvalue weighted by atomic mass is 10.1. The molecule has 2 aliphatic heterocycles. The van der Waals surface area contributed by atoms with Crippen molar-refractivity contribution in [1.29, 1.82) is 0 Å². The molecule has 1 amide bonds. The summed E-state index contributed by atoms with van der Waals surface area (Å²) in [5.74, 6) is -0.531. The number of fused-ring (bicyclic) bond motifs is 1. The van der Waals surface area contributed by atoms with E-state index in [-0.39, 0.29) is 34.5 Å². The molecule has 1 aromatic carbocycles. The smallest absolute Gasteiger partial charge is 0.248 e. The third kappa shape index (κ3) is 3.35. The summed E-state index contributed by atoms with van der Waals surface area (Å²) < 4.78 is 37.9. The SMILES string of the molecule is CCCC(=O)N=C1S[C@H]2CS(=O)(=O)C[C@@H]2N1c1ccc(C)c(F)c1. The Hall–Kier alpha value is -1.41. The van der Waals surface area contributed by atoms with E-state index in [2.05, 4.69) is 4.99 Å². The van der Waals surface area contributed by atoms with Gasteiger partial charge in [-0.15, -0.1) is 0 Å². The number of amidine groups is 1. The second kappa shape index (κ2) is 6.48. The first-order valence-corrected chi connectivity index (χ1v) is 10.5. The maximum absolute atomic E-state index is 14.0. The molecule has 5 nitrogen and oxygen atoms in total. The lowest BCUT2D eigenvalue weighted by molar-refractivity contribution is -0.117. The van der Waals surface area contributed by atoms with Crippen molar-refractivity contribution in [1.82, 2.24) is 0 Å². The zero-order chi connectivity index (χ0) is 17.5. The number of thioether (sulfide) groups is 1. The van der Waals surface area contributed by atoms with E-state index in [1.807, 2.05) is 6.92 Å². The standard InChI is InChI=1S/C16H19FN2O3S2/c1-3-4-15(20)18-16-19(11-6-5-10(2)12(17)7-11)13-8-24(21,22)9-14(13)23-16/h5-7,13-14H,3-4,8-9H2,1-2H3/t13-,14-/m0/s1. The van der Waals surface area contributed by atoms with Crippen LogP contribution in [0.2, 0.25) is 0 Å². The number of carbonyl (C=O) groups is 1. The van der Waals surface area contributed by atoms with Gasteiger partial charge in [0.2, 0.25) is 5.91 Å². The highest BCUT2D eigenvalue weighted by Crippen LogP contribution is 2.41. The van der Waals surface area contributed by atoms with Crippen LogP contribution in [0.25, 0.3) is 0 Å². The van der Waals surface area contributed by atoms with E-state index in [1.165, 1.54) is 17.8 Å². The maximum atomic E-state index is 14.0. The molecule has 0 spiro atoms. The van der Waals surface area contributed by atoms with Crippen molar-refractivity contribution in [3.63, 3.8) is 0 Å². The minimum Gasteiger partial charge on any atom is -0.315 e. The van der Waals surface area contributed by atoms with Crippen LogP contribution in [0.3, 0.4) is 0 Å². The second-order valence-electron chi connectivity index (χ2n) is 6.14. The quantitative estimate of drug-likeness (QED) is 0.818. The Morgan fingerprint density at radius 1 is 1.42 bits per heavy atom. The molecule has 8 heteroatoms. The topological polar surface area (TPSA) is 66.8 Å². The van der Waals surface area contributed by atoms with Gasteiger partial charge in [-0.3, -0.25) is 4.79 Å². The van der Waals surface area contributed by atoms with E-state index in [4.69, 9.17) is 0 Å². The molecule has 0 unspecified atom stereocenters. The highest BCUT2D eigenvalue weighted by molar-refractivity contribution is 8.16. The molecule has 130 valence electrons. The zero-order valence-electron chi connectivity index (χ0n) is 13.5. The van der Waals surface area contributed by atoms with Gasteiger partial charge in [0, 0.05) is 17.4 Å². The number of amides is 1. The van der Waals surface area contributed by atoms with Crippen molar-refractivity contribution in [3.8, 4) is 0 Å². The van der Waals surface area contributed by atoms with Crippen molar-refractivity contribution in [2.24, 2.45) is 4.99 Å². The monoisotopic (exact) mass is 370 g/mol. The fraction of sp³-hybridized carbons (Fsp3) is 0.500. The predicted octanol–water partition coefficient (Wildman–Crippen LogP) is 2.54. The number of halogens is 1. The summed E-state index contributed by atoms with van der Waals surface area (Å²) >= 11 is 1.30. The van der Waals surface area contributed by atoms with Crippen molar-refractivity contribution >= 4 is 38.4 Å². The minimum absolute atomic E-state index is 0.00114. The molecule has 2 atom stereocenters. The van der Waals surface area contributed by atoms with Gasteiger partial charge in [-0.1, -0.05) is 24.8 Å². The summed E-state index contributed by atoms with van der Waals surface area (Å²) in [7, 11) is -3.12. The van der Waals surface area contributed by atoms with Crippen LogP contribution in [0.15, 0.2) is 23.2 Å². The van der Waals surface area contributed by atoms with Gasteiger partial charge in [-0.05, 0) is 31.0 Å². The number of aliphatic imine (C=N–C) groups is 1. The number of hydrogen-bond acceptors (Lipinski definition) is 4. The molecule has 3 rings (SSSR count). The summed E-state index contributed by atoms with van der Waals surface area (Å²) in [6.45, 7) is 3.56. The van der Waals surface area contributed by atoms with Gasteiger partial charge >= 0.3 is 0 Å². The Morgan fingerprint density at radius 3 is 2.83 bits per heavy atom. The number of anilines is 1. The molecule has 0 aliphatic carbocycles. The van der Waals surface area contributed by atoms with Crippen LogP contribution in [0.5, 0.6) is 0 Å². The van der Waals surface area contributed by atoms with Crippen LogP contribution in [-0.2, 0) is 14.6 Å². The molecule has 0 N–H and O–H groups in total. The molecular formula is C16H19FN2O3S2. The van der Waals surface area contributed by atoms with E-state index in [1.54, 1.807) is 24.0 Å². The molecule has 0 bridgehead atoms. The molecular weight excluding hydrogens is 351 g/mol. The number of aryl methyl sites for hydroxylation is 1. The van der Waals surface area contributed by atoms with Gasteiger partial charge < -0.3 is 4.90 Å². The summed E-state index contributed by atoms with van der Waals surface area (Å²) in [6.07, 6.45) is 1.04. The Bertz CT molecular complexity index is 808. The van der Waals surface area contributed by atoms with Gasteiger partial charge in [0.25, 0.3) is 0 Å². The van der Waals surface area contributed by atoms with E-state index in [0.717, 1.165) is 0 Å². The van der Waals surface area contributed by atoms with Gasteiger partial charge in [-0.25, -0.2) is 12.8 Å². The lowest BCUT2D eigenvalue weighted by Gasteiger charge is -2.24. The Labute approximate surface area is 145 Å². The van der Waals surface area contributed by atoms with E-state index in [9.17, 15) is 17.6 Å². The molecule has 0 aromatic heterocycles. The minimum atomic E-state index is -3.12. The number of carbonyl (C=O) groups excluding carboxylic acids is 1. The van der Waals surface area contributed by atoms with Crippen LogP contribution in [0, 0.1) is 12.7 Å². The van der Waals surface area contributed by atoms with Gasteiger partial charge in [-0.2, -0.15) is 4.99 Å². The summed E-state index contributed by atoms with van der Waals surface area (Å²) in [5, 5.41) is 0.300. The molecule has 0 saturated carbocycles. The number of nitrogens with zero attached hydrogens (tertiary/aromatic N) is 2. The lowest BCUT2D eigenvalue weighted by Crippen LogP contribution is -2.37. The molecule has 0 radical (unpaired) electrons. The Kier molecular flexibility index (Phi) is 4.70. The van der Waals surface area contributed by atoms with Gasteiger partial charge in [0.05, 0.1) is 17.5 Å². The highest BCUT2D eigenvalue weighted by atomic mass is 32.2. The molecule has 2 saturated heterocycles. The number of benzene rings is 1. The number of hydrogen-bond donors (Lipinski definition) is 0. The van der Waals surface area contributed by atoms with Crippen LogP contribution in [0.4, 0.5) is 10.1 Å². The molecule has 2 aliphatic rings. The van der Waals surface area contributed by atoms with E-state index >= 15 is 0 Å². The molecule has 1 aromatic rings. The Balaban J connectivity index is 2.01. The predicted molar refractivity (Wildman–Crippen MR) is 94.8 cm³/mol. The van der Waals surface area contributed by atoms with Gasteiger partial charge in [0.1, 0.15) is 5.82 Å². The van der Waals surface area contributed by atoms with Crippen molar-refractivity contribution in [2.75, 3.05) is 16.4 Å². The third-order valence-electron chi connectivity index (χ3n) is 4.18. The average molecular weight is 370 g/mol. The first-order chi connectivity index (χ1) is 11.3. The molecule has 2 heterocycles. The van der Waals surface area contributed by atoms with Crippen molar-refractivity contribution < 1.29 is 17.6 Å². The normalized spacial score (nSPS) is 26.8. The van der Waals surface area contributed by atoms with E-state index < -0.39 is 9.84 Å². The average Bonchev–Trinajstić information content (AvgIpc) is 2.93. The van der Waals surface area contributed by atoms with Crippen molar-refractivity contribution in [2.45, 2.75) is 38.0 Å². The highest BCUT2D eigenvalue weighted by Gasteiger charge is 2.49. The summed E-state index contributed by atoms with van der Waals surface area (Å²) in [4.78, 5) is 17.8. The maximum Gasteiger partial charge on any atom is 0.248 e. The third-order valence-corrected chi connectivity index (χ3v) is 7.39. The zero-order valence-corrected chi connectivity index (χ0v) is 15.2. The largest absolute Gasteiger partial charge is 0.315 e. The summed E-state index contributed by atoms with van der Waals surface area (Å²) in [5.41, 5.74) is 1.06. The fourth-order valence-electron chi connectivity index (χ4n) is 2.97. The van der Waals surface area contributed by atoms with Crippen LogP contribution in [0.1, 0.15) is 25.3 Å². The first-order valence-electron chi connectivity index (χ1n) is 7.84. The second-order valence-corrected chi connectivity index (χ2v) is 9.50. The molecule has 2 fully saturated rings. The van der Waals surface area contributed by atoms with Crippen LogP contribution < -0.4 is 4.90 Å². The number of sulfone groups is 1. The van der Waals surface area contributed by atoms with E-state index in [0.29, 0.717) is 29.3 Å².